The van der Waals surface area contributed by atoms with Crippen molar-refractivity contribution in [2.45, 2.75) is 69.3 Å². The highest BCUT2D eigenvalue weighted by atomic mass is 32.2. The van der Waals surface area contributed by atoms with E-state index in [9.17, 15) is 23.5 Å². The van der Waals surface area contributed by atoms with E-state index in [1.807, 2.05) is 4.90 Å². The van der Waals surface area contributed by atoms with Gasteiger partial charge in [0, 0.05) is 26.2 Å². The van der Waals surface area contributed by atoms with Crippen LogP contribution >= 0.6 is 0 Å². The second kappa shape index (κ2) is 8.23. The first-order valence-corrected chi connectivity index (χ1v) is 10.5. The number of nitrogens with one attached hydrogen (secondary N) is 2. The third-order valence-corrected chi connectivity index (χ3v) is 6.12. The quantitative estimate of drug-likeness (QED) is 0.339. The van der Waals surface area contributed by atoms with E-state index in [1.165, 1.54) is 0 Å². The van der Waals surface area contributed by atoms with Gasteiger partial charge in [0.1, 0.15) is 17.2 Å². The predicted molar refractivity (Wildman–Crippen MR) is 102 cm³/mol. The molecule has 4 N–H and O–H groups in total. The number of nitrogens with zero attached hydrogens (tertiary/aromatic N) is 1. The number of rotatable bonds is 6. The van der Waals surface area contributed by atoms with Crippen LogP contribution in [0.1, 0.15) is 41.0 Å². The Morgan fingerprint density at radius 2 is 1.89 bits per heavy atom. The molecular formula is C17H31N3O7S. The molecule has 2 aliphatic heterocycles. The lowest BCUT2D eigenvalue weighted by molar-refractivity contribution is -0.176. The molecule has 10 nitrogen and oxygen atoms in total. The monoisotopic (exact) mass is 421 g/mol. The molecule has 0 aromatic carbocycles. The van der Waals surface area contributed by atoms with Crippen LogP contribution in [0.25, 0.3) is 0 Å². The van der Waals surface area contributed by atoms with E-state index in [2.05, 4.69) is 10.6 Å². The standard InChI is InChI=1S/C17H31N3O7S/c1-6-17(13(21)27-15(2,3)4,20-9-7-18-8-10-20)11-12(26-14(22)19-11)16(5,23)28(24)25/h11-12,18,23H,6-10H2,1-5H3,(H,19,22)(H,24,25). The van der Waals surface area contributed by atoms with Crippen LogP contribution in [0.4, 0.5) is 4.79 Å². The van der Waals surface area contributed by atoms with Crippen LogP contribution in [0.2, 0.25) is 0 Å². The summed E-state index contributed by atoms with van der Waals surface area (Å²) in [6.45, 7) is 10.3. The van der Waals surface area contributed by atoms with Crippen LogP contribution < -0.4 is 10.6 Å². The highest BCUT2D eigenvalue weighted by Gasteiger charge is 2.63. The Morgan fingerprint density at radius 3 is 2.36 bits per heavy atom. The molecule has 0 aromatic rings. The lowest BCUT2D eigenvalue weighted by Crippen LogP contribution is -2.72. The molecule has 0 saturated carbocycles. The summed E-state index contributed by atoms with van der Waals surface area (Å²) in [6.07, 6.45) is -2.05. The maximum Gasteiger partial charge on any atom is 0.408 e. The third kappa shape index (κ3) is 4.33. The summed E-state index contributed by atoms with van der Waals surface area (Å²) in [7, 11) is 0. The van der Waals surface area contributed by atoms with Gasteiger partial charge in [0.2, 0.25) is 4.93 Å². The molecule has 0 aliphatic carbocycles. The first kappa shape index (κ1) is 23.0. The average molecular weight is 422 g/mol. The number of esters is 1. The molecular weight excluding hydrogens is 390 g/mol. The molecule has 2 fully saturated rings. The topological polar surface area (TPSA) is 137 Å². The number of carbonyl (C=O) groups excluding carboxylic acids is 2. The molecule has 2 saturated heterocycles. The first-order valence-electron chi connectivity index (χ1n) is 9.36. The molecule has 5 unspecified atom stereocenters. The summed E-state index contributed by atoms with van der Waals surface area (Å²) in [5.74, 6) is -0.579. The molecule has 5 atom stereocenters. The Morgan fingerprint density at radius 1 is 1.32 bits per heavy atom. The van der Waals surface area contributed by atoms with Gasteiger partial charge in [0.25, 0.3) is 0 Å². The average Bonchev–Trinajstić information content (AvgIpc) is 2.98. The summed E-state index contributed by atoms with van der Waals surface area (Å²) in [5, 5.41) is 16.4. The molecule has 0 spiro atoms. The largest absolute Gasteiger partial charge is 0.459 e. The van der Waals surface area contributed by atoms with Gasteiger partial charge in [-0.25, -0.2) is 13.8 Å². The van der Waals surface area contributed by atoms with Gasteiger partial charge in [0.05, 0.1) is 0 Å². The van der Waals surface area contributed by atoms with Crippen molar-refractivity contribution in [3.63, 3.8) is 0 Å². The lowest BCUT2D eigenvalue weighted by Gasteiger charge is -2.49. The molecule has 162 valence electrons. The summed E-state index contributed by atoms with van der Waals surface area (Å²) in [6, 6.07) is -1.08. The fraction of sp³-hybridized carbons (Fsp3) is 0.882. The van der Waals surface area contributed by atoms with Gasteiger partial charge in [0.15, 0.2) is 17.2 Å². The van der Waals surface area contributed by atoms with Gasteiger partial charge in [-0.1, -0.05) is 6.92 Å². The maximum absolute atomic E-state index is 13.4. The van der Waals surface area contributed by atoms with Crippen LogP contribution in [0.5, 0.6) is 0 Å². The Kier molecular flexibility index (Phi) is 6.76. The fourth-order valence-electron chi connectivity index (χ4n) is 3.78. The summed E-state index contributed by atoms with van der Waals surface area (Å²) < 4.78 is 32.2. The second-order valence-electron chi connectivity index (χ2n) is 8.27. The highest BCUT2D eigenvalue weighted by Crippen LogP contribution is 2.37. The second-order valence-corrected chi connectivity index (χ2v) is 9.59. The van der Waals surface area contributed by atoms with Crippen LogP contribution in [0, 0.1) is 0 Å². The van der Waals surface area contributed by atoms with E-state index >= 15 is 0 Å². The molecule has 28 heavy (non-hydrogen) atoms. The van der Waals surface area contributed by atoms with E-state index in [4.69, 9.17) is 9.47 Å². The number of hydrogen-bond donors (Lipinski definition) is 4. The minimum atomic E-state index is -2.72. The van der Waals surface area contributed by atoms with Crippen LogP contribution in [-0.2, 0) is 25.3 Å². The highest BCUT2D eigenvalue weighted by molar-refractivity contribution is 7.80. The van der Waals surface area contributed by atoms with Crippen molar-refractivity contribution in [1.82, 2.24) is 15.5 Å². The number of ether oxygens (including phenoxy) is 2. The van der Waals surface area contributed by atoms with E-state index < -0.39 is 51.4 Å². The third-order valence-electron chi connectivity index (χ3n) is 5.18. The number of cyclic esters (lactones) is 1. The van der Waals surface area contributed by atoms with Gasteiger partial charge in [-0.15, -0.1) is 0 Å². The van der Waals surface area contributed by atoms with Gasteiger partial charge < -0.3 is 29.8 Å². The number of amides is 1. The minimum absolute atomic E-state index is 0.237. The Bertz CT molecular complexity index is 631. The molecule has 0 radical (unpaired) electrons. The smallest absolute Gasteiger partial charge is 0.408 e. The number of carbonyl (C=O) groups is 2. The van der Waals surface area contributed by atoms with E-state index in [-0.39, 0.29) is 6.42 Å². The minimum Gasteiger partial charge on any atom is -0.459 e. The van der Waals surface area contributed by atoms with Crippen molar-refractivity contribution >= 4 is 23.1 Å². The fourth-order valence-corrected chi connectivity index (χ4v) is 4.16. The summed E-state index contributed by atoms with van der Waals surface area (Å²) in [4.78, 5) is 25.1. The van der Waals surface area contributed by atoms with Gasteiger partial charge in [-0.05, 0) is 34.1 Å². The Hall–Kier alpha value is -1.27. The maximum atomic E-state index is 13.4. The Labute approximate surface area is 167 Å². The molecule has 0 aromatic heterocycles. The number of alkyl carbamates (subject to hydrolysis) is 1. The van der Waals surface area contributed by atoms with Crippen molar-refractivity contribution in [2.75, 3.05) is 26.2 Å². The van der Waals surface area contributed by atoms with Gasteiger partial charge >= 0.3 is 12.1 Å². The van der Waals surface area contributed by atoms with Crippen molar-refractivity contribution in [3.05, 3.63) is 0 Å². The molecule has 2 heterocycles. The van der Waals surface area contributed by atoms with E-state index in [0.717, 1.165) is 6.92 Å². The van der Waals surface area contributed by atoms with E-state index in [0.29, 0.717) is 26.2 Å². The zero-order chi connectivity index (χ0) is 21.3. The SMILES string of the molecule is CCC(C(=O)OC(C)(C)C)(C1NC(=O)OC1C(C)(O)S(=O)O)N1CCNCC1. The summed E-state index contributed by atoms with van der Waals surface area (Å²) in [5.41, 5.74) is -2.16. The van der Waals surface area contributed by atoms with Crippen LogP contribution in [-0.4, -0.2) is 85.2 Å². The zero-order valence-corrected chi connectivity index (χ0v) is 17.8. The Balaban J connectivity index is 2.56. The van der Waals surface area contributed by atoms with E-state index in [1.54, 1.807) is 27.7 Å². The number of aliphatic hydroxyl groups is 1. The lowest BCUT2D eigenvalue weighted by atomic mass is 9.80. The van der Waals surface area contributed by atoms with Crippen molar-refractivity contribution in [3.8, 4) is 0 Å². The van der Waals surface area contributed by atoms with Crippen LogP contribution in [0.3, 0.4) is 0 Å². The zero-order valence-electron chi connectivity index (χ0n) is 17.0. The van der Waals surface area contributed by atoms with Crippen molar-refractivity contribution in [1.29, 1.82) is 0 Å². The molecule has 0 bridgehead atoms. The van der Waals surface area contributed by atoms with Crippen molar-refractivity contribution in [2.24, 2.45) is 0 Å². The summed E-state index contributed by atoms with van der Waals surface area (Å²) >= 11 is -2.72. The molecule has 2 rings (SSSR count). The van der Waals surface area contributed by atoms with Gasteiger partial charge in [-0.3, -0.25) is 4.90 Å². The normalized spacial score (nSPS) is 29.2. The molecule has 2 aliphatic rings. The first-order chi connectivity index (χ1) is 12.9. The van der Waals surface area contributed by atoms with Crippen LogP contribution in [0.15, 0.2) is 0 Å². The molecule has 1 amide bonds. The number of hydrogen-bond acceptors (Lipinski definition) is 8. The van der Waals surface area contributed by atoms with Crippen molar-refractivity contribution < 1.29 is 32.9 Å². The molecule has 11 heteroatoms. The van der Waals surface area contributed by atoms with Gasteiger partial charge in [-0.2, -0.15) is 0 Å². The predicted octanol–water partition coefficient (Wildman–Crippen LogP) is -0.211. The number of piperazine rings is 1.